The maximum absolute atomic E-state index is 11.6. The average molecular weight is 406 g/mol. The van der Waals surface area contributed by atoms with Crippen molar-refractivity contribution in [2.24, 2.45) is 11.7 Å². The van der Waals surface area contributed by atoms with Gasteiger partial charge in [-0.25, -0.2) is 0 Å². The molecule has 5 N–H and O–H groups in total. The molecule has 28 heavy (non-hydrogen) atoms. The molecule has 1 unspecified atom stereocenters. The van der Waals surface area contributed by atoms with Crippen LogP contribution in [0.4, 0.5) is 0 Å². The lowest BCUT2D eigenvalue weighted by Gasteiger charge is -2.12. The van der Waals surface area contributed by atoms with Crippen LogP contribution >= 0.6 is 0 Å². The van der Waals surface area contributed by atoms with Gasteiger partial charge in [0.15, 0.2) is 5.78 Å². The first-order valence-electron chi connectivity index (χ1n) is 10.1. The van der Waals surface area contributed by atoms with Gasteiger partial charge >= 0.3 is 0 Å². The van der Waals surface area contributed by atoms with E-state index in [0.29, 0.717) is 32.4 Å². The molecule has 0 spiro atoms. The van der Waals surface area contributed by atoms with E-state index in [1.165, 1.54) is 6.92 Å². The van der Waals surface area contributed by atoms with E-state index in [1.807, 2.05) is 41.5 Å². The molecule has 0 aromatic rings. The Hall–Kier alpha value is -1.96. The number of ketones is 1. The molecule has 0 fully saturated rings. The van der Waals surface area contributed by atoms with Gasteiger partial charge < -0.3 is 21.5 Å². The zero-order valence-electron chi connectivity index (χ0n) is 18.8. The van der Waals surface area contributed by atoms with Gasteiger partial charge in [-0.3, -0.25) is 19.2 Å². The highest BCUT2D eigenvalue weighted by Gasteiger charge is 2.16. The molecule has 0 aromatic heterocycles. The number of rotatable bonds is 11. The van der Waals surface area contributed by atoms with Gasteiger partial charge in [0, 0.05) is 32.4 Å². The molecule has 0 aromatic carbocycles. The Morgan fingerprint density at radius 3 is 1.86 bits per heavy atom. The quantitative estimate of drug-likeness (QED) is 0.308. The molecule has 0 saturated heterocycles. The van der Waals surface area contributed by atoms with E-state index in [2.05, 4.69) is 10.6 Å². The Morgan fingerprint density at radius 1 is 0.964 bits per heavy atom. The topological polar surface area (TPSA) is 139 Å². The van der Waals surface area contributed by atoms with Crippen molar-refractivity contribution in [3.8, 4) is 0 Å². The molecule has 0 aliphatic heterocycles. The van der Waals surface area contributed by atoms with Crippen molar-refractivity contribution < 1.29 is 24.3 Å². The summed E-state index contributed by atoms with van der Waals surface area (Å²) < 4.78 is 0. The summed E-state index contributed by atoms with van der Waals surface area (Å²) >= 11 is 0. The molecule has 0 saturated carbocycles. The molecule has 8 nitrogen and oxygen atoms in total. The molecule has 0 aliphatic carbocycles. The van der Waals surface area contributed by atoms with E-state index in [4.69, 9.17) is 15.6 Å². The second kappa shape index (κ2) is 27.3. The van der Waals surface area contributed by atoms with Crippen molar-refractivity contribution in [1.29, 1.82) is 0 Å². The lowest BCUT2D eigenvalue weighted by Crippen LogP contribution is -2.34. The second-order valence-corrected chi connectivity index (χ2v) is 5.70. The Kier molecular flexibility index (Phi) is 32.7. The Labute approximate surface area is 171 Å². The van der Waals surface area contributed by atoms with Crippen molar-refractivity contribution in [2.45, 2.75) is 86.6 Å². The largest absolute Gasteiger partial charge is 0.483 e. The van der Waals surface area contributed by atoms with E-state index in [-0.39, 0.29) is 30.0 Å². The number of carboxylic acid groups (broad SMARTS) is 1. The number of amides is 2. The fourth-order valence-electron chi connectivity index (χ4n) is 1.89. The van der Waals surface area contributed by atoms with Crippen LogP contribution < -0.4 is 16.4 Å². The maximum atomic E-state index is 11.6. The molecule has 0 aliphatic rings. The van der Waals surface area contributed by atoms with Gasteiger partial charge in [-0.15, -0.1) is 0 Å². The SMILES string of the molecule is CC.CC.CC(=O)NCCCC(=O)NCCCCC(N)C(=O)C(C)C.O=CO. The van der Waals surface area contributed by atoms with Crippen LogP contribution in [-0.2, 0) is 19.2 Å². The fraction of sp³-hybridized carbons (Fsp3) is 0.800. The van der Waals surface area contributed by atoms with Crippen LogP contribution in [0.2, 0.25) is 0 Å². The third-order valence-electron chi connectivity index (χ3n) is 3.15. The van der Waals surface area contributed by atoms with Crippen LogP contribution in [0.5, 0.6) is 0 Å². The Bertz CT molecular complexity index is 388. The van der Waals surface area contributed by atoms with Gasteiger partial charge in [0.25, 0.3) is 6.47 Å². The number of carbonyl (C=O) groups excluding carboxylic acids is 3. The number of nitrogens with one attached hydrogen (secondary N) is 2. The van der Waals surface area contributed by atoms with Gasteiger partial charge in [-0.05, 0) is 25.7 Å². The zero-order chi connectivity index (χ0) is 23.0. The average Bonchev–Trinajstić information content (AvgIpc) is 2.67. The molecular formula is C20H43N3O5. The van der Waals surface area contributed by atoms with Gasteiger partial charge in [0.05, 0.1) is 6.04 Å². The van der Waals surface area contributed by atoms with Crippen molar-refractivity contribution in [3.63, 3.8) is 0 Å². The van der Waals surface area contributed by atoms with Crippen LogP contribution in [0.15, 0.2) is 0 Å². The maximum Gasteiger partial charge on any atom is 0.290 e. The van der Waals surface area contributed by atoms with Crippen molar-refractivity contribution >= 4 is 24.1 Å². The number of carbonyl (C=O) groups is 4. The van der Waals surface area contributed by atoms with Crippen LogP contribution in [-0.4, -0.2) is 48.3 Å². The molecular weight excluding hydrogens is 362 g/mol. The highest BCUT2D eigenvalue weighted by molar-refractivity contribution is 5.85. The summed E-state index contributed by atoms with van der Waals surface area (Å²) in [6.07, 6.45) is 3.35. The first-order chi connectivity index (χ1) is 13.3. The zero-order valence-corrected chi connectivity index (χ0v) is 18.8. The molecule has 0 radical (unpaired) electrons. The molecule has 1 atom stereocenters. The third-order valence-corrected chi connectivity index (χ3v) is 3.15. The van der Waals surface area contributed by atoms with Crippen LogP contribution in [0, 0.1) is 5.92 Å². The van der Waals surface area contributed by atoms with Gasteiger partial charge in [0.1, 0.15) is 0 Å². The lowest BCUT2D eigenvalue weighted by molar-refractivity contribution is -0.124. The monoisotopic (exact) mass is 405 g/mol. The summed E-state index contributed by atoms with van der Waals surface area (Å²) in [7, 11) is 0. The fourth-order valence-corrected chi connectivity index (χ4v) is 1.89. The molecule has 0 rings (SSSR count). The minimum absolute atomic E-state index is 0.0112. The third kappa shape index (κ3) is 28.8. The van der Waals surface area contributed by atoms with Crippen LogP contribution in [0.3, 0.4) is 0 Å². The van der Waals surface area contributed by atoms with E-state index in [1.54, 1.807) is 0 Å². The summed E-state index contributed by atoms with van der Waals surface area (Å²) in [6, 6.07) is -0.390. The first kappa shape index (κ1) is 33.6. The van der Waals surface area contributed by atoms with E-state index < -0.39 is 6.04 Å². The Morgan fingerprint density at radius 2 is 1.43 bits per heavy atom. The highest BCUT2D eigenvalue weighted by atomic mass is 16.3. The summed E-state index contributed by atoms with van der Waals surface area (Å²) in [4.78, 5) is 42.1. The van der Waals surface area contributed by atoms with Crippen LogP contribution in [0.1, 0.15) is 80.6 Å². The standard InChI is InChI=1S/C15H29N3O3.2C2H6.CH2O2/c1-11(2)15(21)13(16)7-4-5-9-18-14(20)8-6-10-17-12(3)19;2*1-2;2-1-3/h11,13H,4-10,16H2,1-3H3,(H,17,19)(H,18,20);2*1-2H3;1H,(H,2,3). The van der Waals surface area contributed by atoms with Gasteiger partial charge in [-0.1, -0.05) is 41.5 Å². The van der Waals surface area contributed by atoms with Crippen molar-refractivity contribution in [3.05, 3.63) is 0 Å². The minimum Gasteiger partial charge on any atom is -0.483 e. The predicted octanol–water partition coefficient (Wildman–Crippen LogP) is 2.49. The molecule has 0 heterocycles. The highest BCUT2D eigenvalue weighted by Crippen LogP contribution is 2.05. The summed E-state index contributed by atoms with van der Waals surface area (Å²) in [5.74, 6) is -0.0223. The van der Waals surface area contributed by atoms with E-state index in [9.17, 15) is 14.4 Å². The second-order valence-electron chi connectivity index (χ2n) is 5.70. The predicted molar refractivity (Wildman–Crippen MR) is 114 cm³/mol. The van der Waals surface area contributed by atoms with Crippen molar-refractivity contribution in [2.75, 3.05) is 13.1 Å². The van der Waals surface area contributed by atoms with Crippen molar-refractivity contribution in [1.82, 2.24) is 10.6 Å². The molecule has 0 bridgehead atoms. The smallest absolute Gasteiger partial charge is 0.290 e. The van der Waals surface area contributed by atoms with Gasteiger partial charge in [0.2, 0.25) is 11.8 Å². The van der Waals surface area contributed by atoms with E-state index in [0.717, 1.165) is 12.8 Å². The number of Topliss-reactive ketones (excluding diaryl/α,β-unsaturated/α-hetero) is 1. The normalized spacial score (nSPS) is 9.89. The number of nitrogens with two attached hydrogens (primary N) is 1. The van der Waals surface area contributed by atoms with E-state index >= 15 is 0 Å². The molecule has 8 heteroatoms. The number of hydrogen-bond donors (Lipinski definition) is 4. The lowest BCUT2D eigenvalue weighted by atomic mass is 9.98. The van der Waals surface area contributed by atoms with Gasteiger partial charge in [-0.2, -0.15) is 0 Å². The number of hydrogen-bond acceptors (Lipinski definition) is 5. The summed E-state index contributed by atoms with van der Waals surface area (Å²) in [6.45, 7) is 14.0. The summed E-state index contributed by atoms with van der Waals surface area (Å²) in [5.41, 5.74) is 5.79. The summed E-state index contributed by atoms with van der Waals surface area (Å²) in [5, 5.41) is 12.4. The molecule has 2 amide bonds. The number of unbranched alkanes of at least 4 members (excludes halogenated alkanes) is 1. The minimum atomic E-state index is -0.390. The molecule has 168 valence electrons. The van der Waals surface area contributed by atoms with Crippen LogP contribution in [0.25, 0.3) is 0 Å². The Balaban J connectivity index is -0.000000362. The first-order valence-corrected chi connectivity index (χ1v) is 10.1.